The third kappa shape index (κ3) is 3.37. The fourth-order valence-corrected chi connectivity index (χ4v) is 8.48. The molecule has 0 saturated carbocycles. The van der Waals surface area contributed by atoms with Gasteiger partial charge in [-0.05, 0) is 80.2 Å². The number of fused-ring (bicyclic) bond motifs is 8. The molecule has 0 unspecified atom stereocenters. The maximum Gasteiger partial charge on any atom is 0.0619 e. The first-order valence-corrected chi connectivity index (χ1v) is 15.9. The van der Waals surface area contributed by atoms with Crippen LogP contribution in [0.4, 0.5) is 0 Å². The predicted molar refractivity (Wildman–Crippen MR) is 188 cm³/mol. The van der Waals surface area contributed by atoms with Gasteiger partial charge in [0.25, 0.3) is 0 Å². The number of hydrogen-bond acceptors (Lipinski definition) is 1. The van der Waals surface area contributed by atoms with Crippen LogP contribution in [0, 0.1) is 0 Å². The topological polar surface area (TPSA) is 4.93 Å². The molecule has 44 heavy (non-hydrogen) atoms. The Bertz CT molecular complexity index is 2620. The minimum Gasteiger partial charge on any atom is -0.309 e. The molecule has 2 heterocycles. The van der Waals surface area contributed by atoms with Crippen LogP contribution in [-0.2, 0) is 0 Å². The molecule has 0 saturated heterocycles. The third-order valence-electron chi connectivity index (χ3n) is 9.36. The Hall–Kier alpha value is -5.31. The first-order valence-electron chi connectivity index (χ1n) is 15.1. The summed E-state index contributed by atoms with van der Waals surface area (Å²) in [6.07, 6.45) is 0. The monoisotopic (exact) mass is 575 g/mol. The first kappa shape index (κ1) is 24.2. The van der Waals surface area contributed by atoms with E-state index in [-0.39, 0.29) is 0 Å². The highest BCUT2D eigenvalue weighted by molar-refractivity contribution is 7.99. The quantitative estimate of drug-likeness (QED) is 0.198. The summed E-state index contributed by atoms with van der Waals surface area (Å²) >= 11 is 1.88. The molecule has 204 valence electrons. The molecular formula is C42H25NS. The molecule has 1 aromatic heterocycles. The van der Waals surface area contributed by atoms with E-state index in [1.807, 2.05) is 11.8 Å². The van der Waals surface area contributed by atoms with Crippen LogP contribution in [0.3, 0.4) is 0 Å². The zero-order valence-corrected chi connectivity index (χ0v) is 24.6. The van der Waals surface area contributed by atoms with Crippen LogP contribution < -0.4 is 0 Å². The number of rotatable bonds is 2. The van der Waals surface area contributed by atoms with E-state index in [2.05, 4.69) is 156 Å². The van der Waals surface area contributed by atoms with Crippen LogP contribution in [0.5, 0.6) is 0 Å². The van der Waals surface area contributed by atoms with Crippen molar-refractivity contribution in [1.29, 1.82) is 0 Å². The molecule has 2 heteroatoms. The van der Waals surface area contributed by atoms with Crippen molar-refractivity contribution in [3.8, 4) is 27.9 Å². The van der Waals surface area contributed by atoms with Crippen molar-refractivity contribution in [2.45, 2.75) is 9.79 Å². The van der Waals surface area contributed by atoms with Crippen molar-refractivity contribution in [2.75, 3.05) is 0 Å². The Labute approximate surface area is 259 Å². The summed E-state index contributed by atoms with van der Waals surface area (Å²) in [7, 11) is 0. The van der Waals surface area contributed by atoms with E-state index < -0.39 is 0 Å². The van der Waals surface area contributed by atoms with E-state index >= 15 is 0 Å². The van der Waals surface area contributed by atoms with Gasteiger partial charge in [-0.2, -0.15) is 0 Å². The van der Waals surface area contributed by atoms with E-state index in [1.54, 1.807) is 0 Å². The molecule has 0 bridgehead atoms. The van der Waals surface area contributed by atoms with Crippen LogP contribution in [-0.4, -0.2) is 4.57 Å². The number of nitrogens with zero attached hydrogens (tertiary/aromatic N) is 1. The van der Waals surface area contributed by atoms with Crippen molar-refractivity contribution in [2.24, 2.45) is 0 Å². The highest BCUT2D eigenvalue weighted by Gasteiger charge is 2.21. The van der Waals surface area contributed by atoms with Crippen LogP contribution >= 0.6 is 11.8 Å². The number of hydrogen-bond donors (Lipinski definition) is 0. The molecule has 0 amide bonds. The van der Waals surface area contributed by atoms with Crippen LogP contribution in [0.1, 0.15) is 0 Å². The molecule has 0 aliphatic carbocycles. The van der Waals surface area contributed by atoms with Crippen LogP contribution in [0.25, 0.3) is 82.1 Å². The predicted octanol–water partition coefficient (Wildman–Crippen LogP) is 12.0. The molecule has 0 spiro atoms. The zero-order chi connectivity index (χ0) is 28.8. The summed E-state index contributed by atoms with van der Waals surface area (Å²) in [5.74, 6) is 0. The SMILES string of the molecule is c1ccc2c(c1)Sc1ccc(-c3ccc(-n4c5cc6ccccc6cc5c5ccc6ccccc6c54)cc3)c3cccc-2c13. The van der Waals surface area contributed by atoms with Gasteiger partial charge < -0.3 is 4.57 Å². The lowest BCUT2D eigenvalue weighted by Crippen LogP contribution is -1.96. The molecule has 1 aliphatic heterocycles. The van der Waals surface area contributed by atoms with Crippen molar-refractivity contribution in [1.82, 2.24) is 4.57 Å². The molecule has 1 aliphatic rings. The molecule has 8 aromatic carbocycles. The Balaban J connectivity index is 1.20. The smallest absolute Gasteiger partial charge is 0.0619 e. The van der Waals surface area contributed by atoms with Gasteiger partial charge in [-0.3, -0.25) is 0 Å². The highest BCUT2D eigenvalue weighted by atomic mass is 32.2. The van der Waals surface area contributed by atoms with E-state index in [0.717, 1.165) is 0 Å². The molecule has 0 fully saturated rings. The maximum atomic E-state index is 2.47. The summed E-state index contributed by atoms with van der Waals surface area (Å²) in [5, 5.41) is 10.3. The van der Waals surface area contributed by atoms with E-state index in [4.69, 9.17) is 0 Å². The number of benzene rings is 8. The van der Waals surface area contributed by atoms with Gasteiger partial charge in [0.05, 0.1) is 11.0 Å². The maximum absolute atomic E-state index is 2.47. The Morgan fingerprint density at radius 1 is 0.409 bits per heavy atom. The van der Waals surface area contributed by atoms with Crippen molar-refractivity contribution in [3.63, 3.8) is 0 Å². The van der Waals surface area contributed by atoms with Gasteiger partial charge in [0, 0.05) is 37.0 Å². The Morgan fingerprint density at radius 3 is 2.02 bits per heavy atom. The van der Waals surface area contributed by atoms with Crippen molar-refractivity contribution in [3.05, 3.63) is 152 Å². The summed E-state index contributed by atoms with van der Waals surface area (Å²) < 4.78 is 2.47. The fraction of sp³-hybridized carbons (Fsp3) is 0. The average Bonchev–Trinajstić information content (AvgIpc) is 3.41. The van der Waals surface area contributed by atoms with Gasteiger partial charge in [-0.15, -0.1) is 0 Å². The average molecular weight is 576 g/mol. The lowest BCUT2D eigenvalue weighted by Gasteiger charge is -2.21. The van der Waals surface area contributed by atoms with Gasteiger partial charge in [0.15, 0.2) is 0 Å². The molecule has 0 atom stereocenters. The second kappa shape index (κ2) is 9.09. The minimum absolute atomic E-state index is 1.17. The minimum atomic E-state index is 1.17. The second-order valence-electron chi connectivity index (χ2n) is 11.7. The van der Waals surface area contributed by atoms with Gasteiger partial charge >= 0.3 is 0 Å². The highest BCUT2D eigenvalue weighted by Crippen LogP contribution is 2.49. The van der Waals surface area contributed by atoms with Crippen LogP contribution in [0.15, 0.2) is 161 Å². The van der Waals surface area contributed by atoms with Crippen molar-refractivity contribution >= 4 is 65.9 Å². The van der Waals surface area contributed by atoms with Crippen LogP contribution in [0.2, 0.25) is 0 Å². The molecule has 10 rings (SSSR count). The summed E-state index contributed by atoms with van der Waals surface area (Å²) in [6.45, 7) is 0. The molecule has 0 N–H and O–H groups in total. The molecule has 1 nitrogen and oxygen atoms in total. The number of aromatic nitrogens is 1. The summed E-state index contributed by atoms with van der Waals surface area (Å²) in [6, 6.07) is 56.0. The second-order valence-corrected chi connectivity index (χ2v) is 12.8. The van der Waals surface area contributed by atoms with E-state index in [9.17, 15) is 0 Å². The Morgan fingerprint density at radius 2 is 1.14 bits per heavy atom. The van der Waals surface area contributed by atoms with Gasteiger partial charge in [0.1, 0.15) is 0 Å². The lowest BCUT2D eigenvalue weighted by atomic mass is 9.92. The van der Waals surface area contributed by atoms with E-state index in [0.29, 0.717) is 0 Å². The fourth-order valence-electron chi connectivity index (χ4n) is 7.35. The third-order valence-corrected chi connectivity index (χ3v) is 10.5. The Kier molecular flexibility index (Phi) is 5.00. The van der Waals surface area contributed by atoms with Gasteiger partial charge in [-0.1, -0.05) is 127 Å². The summed E-state index contributed by atoms with van der Waals surface area (Å²) in [4.78, 5) is 2.66. The molecular weight excluding hydrogens is 551 g/mol. The summed E-state index contributed by atoms with van der Waals surface area (Å²) in [5.41, 5.74) is 8.84. The van der Waals surface area contributed by atoms with Crippen molar-refractivity contribution < 1.29 is 0 Å². The van der Waals surface area contributed by atoms with Gasteiger partial charge in [-0.25, -0.2) is 0 Å². The normalized spacial score (nSPS) is 12.5. The van der Waals surface area contributed by atoms with Gasteiger partial charge in [0.2, 0.25) is 0 Å². The van der Waals surface area contributed by atoms with E-state index in [1.165, 1.54) is 91.9 Å². The largest absolute Gasteiger partial charge is 0.309 e. The molecule has 9 aromatic rings. The standard InChI is InChI=1S/C42H25NS/c1-2-10-29-25-38-37(24-28(29)9-1)36-21-18-26-8-3-4-11-32(26)42(36)43(38)30-19-16-27(17-20-30)31-22-23-40-41-34(31)13-7-14-35(41)33-12-5-6-15-39(33)44-40/h1-25H. The molecule has 0 radical (unpaired) electrons. The zero-order valence-electron chi connectivity index (χ0n) is 23.8. The lowest BCUT2D eigenvalue weighted by molar-refractivity contribution is 1.19. The first-order chi connectivity index (χ1) is 21.8.